The Kier molecular flexibility index (Phi) is 10.2. The summed E-state index contributed by atoms with van der Waals surface area (Å²) in [6.07, 6.45) is -0.593. The van der Waals surface area contributed by atoms with Crippen molar-refractivity contribution in [2.24, 2.45) is 5.92 Å². The van der Waals surface area contributed by atoms with Crippen LogP contribution in [0.5, 0.6) is 5.75 Å². The van der Waals surface area contributed by atoms with E-state index >= 15 is 0 Å². The minimum atomic E-state index is -4.26. The molecule has 4 rings (SSSR count). The van der Waals surface area contributed by atoms with E-state index in [2.05, 4.69) is 15.2 Å². The monoisotopic (exact) mass is 605 g/mol. The number of para-hydroxylation sites is 1. The number of benzene rings is 1. The van der Waals surface area contributed by atoms with Crippen molar-refractivity contribution in [3.05, 3.63) is 54.5 Å². The van der Waals surface area contributed by atoms with Crippen LogP contribution in [0.25, 0.3) is 5.52 Å². The number of hydrogen-bond donors (Lipinski definition) is 4. The van der Waals surface area contributed by atoms with E-state index in [-0.39, 0.29) is 30.5 Å². The lowest BCUT2D eigenvalue weighted by Gasteiger charge is -2.30. The minimum Gasteiger partial charge on any atom is -0.464 e. The van der Waals surface area contributed by atoms with E-state index in [1.54, 1.807) is 49.4 Å². The van der Waals surface area contributed by atoms with E-state index < -0.39 is 50.3 Å². The van der Waals surface area contributed by atoms with Gasteiger partial charge in [0.25, 0.3) is 0 Å². The van der Waals surface area contributed by atoms with E-state index in [1.807, 2.05) is 13.8 Å². The summed E-state index contributed by atoms with van der Waals surface area (Å²) in [5.41, 5.74) is 5.35. The van der Waals surface area contributed by atoms with Gasteiger partial charge in [0.2, 0.25) is 0 Å². The molecule has 0 spiro atoms. The summed E-state index contributed by atoms with van der Waals surface area (Å²) in [6.45, 7) is 7.10. The fourth-order valence-electron chi connectivity index (χ4n) is 4.75. The van der Waals surface area contributed by atoms with Crippen molar-refractivity contribution in [2.45, 2.75) is 76.9 Å². The third-order valence-electron chi connectivity index (χ3n) is 7.57. The van der Waals surface area contributed by atoms with Crippen molar-refractivity contribution >= 4 is 25.1 Å². The Hall–Kier alpha value is -3.06. The van der Waals surface area contributed by atoms with Gasteiger partial charge >= 0.3 is 13.7 Å². The van der Waals surface area contributed by atoms with Gasteiger partial charge in [-0.15, -0.1) is 0 Å². The van der Waals surface area contributed by atoms with Gasteiger partial charge in [-0.1, -0.05) is 51.8 Å². The number of ether oxygens (including phenoxy) is 2. The Morgan fingerprint density at radius 1 is 1.17 bits per heavy atom. The summed E-state index contributed by atoms with van der Waals surface area (Å²) in [4.78, 5) is 16.9. The van der Waals surface area contributed by atoms with Crippen LogP contribution in [0.3, 0.4) is 0 Å². The predicted molar refractivity (Wildman–Crippen MR) is 155 cm³/mol. The molecule has 6 atom stereocenters. The molecule has 0 bridgehead atoms. The summed E-state index contributed by atoms with van der Waals surface area (Å²) in [7, 11) is -4.26. The zero-order valence-electron chi connectivity index (χ0n) is 24.3. The Balaban J connectivity index is 1.53. The maximum Gasteiger partial charge on any atom is 0.459 e. The molecule has 0 amide bonds. The van der Waals surface area contributed by atoms with E-state index in [0.29, 0.717) is 11.2 Å². The average molecular weight is 606 g/mol. The van der Waals surface area contributed by atoms with Crippen LogP contribution in [0.15, 0.2) is 48.8 Å². The maximum atomic E-state index is 14.1. The smallest absolute Gasteiger partial charge is 0.459 e. The van der Waals surface area contributed by atoms with Crippen molar-refractivity contribution in [2.75, 3.05) is 18.9 Å². The molecule has 1 fully saturated rings. The number of fused-ring (bicyclic) bond motifs is 1. The lowest BCUT2D eigenvalue weighted by Crippen LogP contribution is -2.45. The molecule has 1 unspecified atom stereocenters. The van der Waals surface area contributed by atoms with Crippen LogP contribution < -0.4 is 15.3 Å². The SMILES string of the molecule is CCC(CC)COC(=O)[C@H](CC)NP(=O)(OC[C@@]1(C)O[C@@H](c2ccc3c(N)ncnn23)[C@H](O)[C@@H]1O)Oc1ccccc1. The zero-order chi connectivity index (χ0) is 30.5. The number of nitrogens with one attached hydrogen (secondary N) is 1. The molecule has 1 aliphatic rings. The average Bonchev–Trinajstić information content (AvgIpc) is 3.52. The van der Waals surface area contributed by atoms with Crippen LogP contribution in [0, 0.1) is 5.92 Å². The first kappa shape index (κ1) is 31.9. The Labute approximate surface area is 244 Å². The van der Waals surface area contributed by atoms with Crippen LogP contribution in [0.4, 0.5) is 5.82 Å². The number of esters is 1. The Morgan fingerprint density at radius 3 is 2.55 bits per heavy atom. The first-order chi connectivity index (χ1) is 20.0. The number of aliphatic hydroxyl groups excluding tert-OH is 2. The molecule has 1 aliphatic heterocycles. The fourth-order valence-corrected chi connectivity index (χ4v) is 6.42. The lowest BCUT2D eigenvalue weighted by atomic mass is 9.97. The zero-order valence-corrected chi connectivity index (χ0v) is 25.1. The number of hydrogen-bond acceptors (Lipinski definition) is 11. The Bertz CT molecular complexity index is 1390. The molecule has 0 radical (unpaired) electrons. The van der Waals surface area contributed by atoms with E-state index in [0.717, 1.165) is 12.8 Å². The fraction of sp³-hybridized carbons (Fsp3) is 0.536. The molecular formula is C28H40N5O8P. The van der Waals surface area contributed by atoms with Gasteiger partial charge in [-0.05, 0) is 43.5 Å². The van der Waals surface area contributed by atoms with Crippen LogP contribution in [-0.2, 0) is 23.4 Å². The summed E-state index contributed by atoms with van der Waals surface area (Å²) in [6, 6.07) is 10.7. The van der Waals surface area contributed by atoms with Crippen LogP contribution >= 0.6 is 7.75 Å². The molecule has 14 heteroatoms. The predicted octanol–water partition coefficient (Wildman–Crippen LogP) is 3.41. The molecule has 3 heterocycles. The number of carbonyl (C=O) groups is 1. The van der Waals surface area contributed by atoms with Crippen molar-refractivity contribution in [1.82, 2.24) is 19.7 Å². The summed E-state index contributed by atoms with van der Waals surface area (Å²) < 4.78 is 38.8. The highest BCUT2D eigenvalue weighted by molar-refractivity contribution is 7.52. The highest BCUT2D eigenvalue weighted by Gasteiger charge is 2.54. The van der Waals surface area contributed by atoms with Gasteiger partial charge < -0.3 is 29.9 Å². The lowest BCUT2D eigenvalue weighted by molar-refractivity contribution is -0.147. The number of rotatable bonds is 14. The van der Waals surface area contributed by atoms with E-state index in [4.69, 9.17) is 24.3 Å². The molecule has 13 nitrogen and oxygen atoms in total. The quantitative estimate of drug-likeness (QED) is 0.156. The number of nitrogens with two attached hydrogens (primary N) is 1. The maximum absolute atomic E-state index is 14.1. The second-order valence-electron chi connectivity index (χ2n) is 10.6. The first-order valence-corrected chi connectivity index (χ1v) is 15.6. The highest BCUT2D eigenvalue weighted by Crippen LogP contribution is 2.48. The van der Waals surface area contributed by atoms with E-state index in [1.165, 1.54) is 17.8 Å². The van der Waals surface area contributed by atoms with Gasteiger partial charge in [-0.3, -0.25) is 9.32 Å². The van der Waals surface area contributed by atoms with Gasteiger partial charge in [0.15, 0.2) is 5.82 Å². The van der Waals surface area contributed by atoms with Gasteiger partial charge in [0, 0.05) is 0 Å². The first-order valence-electron chi connectivity index (χ1n) is 14.1. The molecule has 5 N–H and O–H groups in total. The Morgan fingerprint density at radius 2 is 1.88 bits per heavy atom. The normalized spacial score (nSPS) is 24.5. The third kappa shape index (κ3) is 6.94. The summed E-state index contributed by atoms with van der Waals surface area (Å²) in [5.74, 6) is 0.118. The number of aliphatic hydroxyl groups is 2. The number of aromatic nitrogens is 3. The minimum absolute atomic E-state index is 0.219. The highest BCUT2D eigenvalue weighted by atomic mass is 31.2. The largest absolute Gasteiger partial charge is 0.464 e. The van der Waals surface area contributed by atoms with Gasteiger partial charge in [0.1, 0.15) is 47.5 Å². The molecule has 0 aliphatic carbocycles. The van der Waals surface area contributed by atoms with Gasteiger partial charge in [0.05, 0.1) is 18.9 Å². The second-order valence-corrected chi connectivity index (χ2v) is 12.3. The molecule has 1 saturated heterocycles. The standard InChI is InChI=1S/C28H40N5O8P/c1-5-18(6-2)15-38-27(36)20(7-3)32-42(37,41-19-11-9-8-10-12-19)39-16-28(4)25(35)23(34)24(40-28)21-13-14-22-26(29)30-17-31-33(21)22/h8-14,17-18,20,23-25,34-35H,5-7,15-16H2,1-4H3,(H,32,37)(H2,29,30,31)/t20-,23-,24-,25-,28+,42?/m0/s1. The summed E-state index contributed by atoms with van der Waals surface area (Å²) >= 11 is 0. The molecule has 42 heavy (non-hydrogen) atoms. The molecule has 3 aromatic rings. The van der Waals surface area contributed by atoms with E-state index in [9.17, 15) is 19.6 Å². The van der Waals surface area contributed by atoms with Crippen molar-refractivity contribution in [3.63, 3.8) is 0 Å². The third-order valence-corrected chi connectivity index (χ3v) is 9.12. The molecule has 0 saturated carbocycles. The van der Waals surface area contributed by atoms with Crippen molar-refractivity contribution in [1.29, 1.82) is 0 Å². The van der Waals surface area contributed by atoms with Crippen LogP contribution in [0.2, 0.25) is 0 Å². The van der Waals surface area contributed by atoms with Gasteiger partial charge in [-0.25, -0.2) is 14.1 Å². The topological polar surface area (TPSA) is 180 Å². The number of carbonyl (C=O) groups excluding carboxylic acids is 1. The van der Waals surface area contributed by atoms with Crippen molar-refractivity contribution in [3.8, 4) is 5.75 Å². The molecule has 230 valence electrons. The number of nitrogens with zero attached hydrogens (tertiary/aromatic N) is 3. The summed E-state index contributed by atoms with van der Waals surface area (Å²) in [5, 5.41) is 28.9. The number of nitrogen functional groups attached to an aromatic ring is 1. The second kappa shape index (κ2) is 13.5. The van der Waals surface area contributed by atoms with Gasteiger partial charge in [-0.2, -0.15) is 10.2 Å². The number of anilines is 1. The molecular weight excluding hydrogens is 565 g/mol. The van der Waals surface area contributed by atoms with Crippen LogP contribution in [-0.4, -0.2) is 67.8 Å². The molecule has 1 aromatic carbocycles. The van der Waals surface area contributed by atoms with Crippen molar-refractivity contribution < 1.29 is 38.1 Å². The molecule has 2 aromatic heterocycles. The van der Waals surface area contributed by atoms with Crippen LogP contribution in [0.1, 0.15) is 58.8 Å².